The average molecular weight is 613 g/mol. The van der Waals surface area contributed by atoms with Crippen molar-refractivity contribution in [2.45, 2.75) is 58.7 Å². The summed E-state index contributed by atoms with van der Waals surface area (Å²) in [7, 11) is -3.94. The van der Waals surface area contributed by atoms with E-state index in [0.717, 1.165) is 32.8 Å². The van der Waals surface area contributed by atoms with Crippen molar-refractivity contribution in [3.63, 3.8) is 0 Å². The molecule has 2 bridgehead atoms. The van der Waals surface area contributed by atoms with Gasteiger partial charge in [0.05, 0.1) is 0 Å². The Morgan fingerprint density at radius 1 is 1.00 bits per heavy atom. The molecule has 1 heterocycles. The second-order valence-electron chi connectivity index (χ2n) is 10.3. The Bertz CT molecular complexity index is 1160. The van der Waals surface area contributed by atoms with Gasteiger partial charge in [-0.05, 0) is 0 Å². The second kappa shape index (κ2) is 9.76. The molecule has 3 atom stereocenters. The third-order valence-corrected chi connectivity index (χ3v) is 15.7. The zero-order chi connectivity index (χ0) is 24.7. The van der Waals surface area contributed by atoms with Gasteiger partial charge in [0.1, 0.15) is 0 Å². The van der Waals surface area contributed by atoms with Gasteiger partial charge in [-0.1, -0.05) is 0 Å². The zero-order valence-electron chi connectivity index (χ0n) is 20.2. The molecule has 5 rings (SSSR count). The standard InChI is InChI=1S/C27H33IO6S/c1-26(2)20-15-16-27(26,24(29)18-20)19-35(30,31)34-28(21-8-4-3-5-9-21)22-11-13-23(14-12-22)33-25-10-6-7-17-32-25/h3-5,8-9,11-14,20,25H,6-7,10,15-19H2,1-2H3. The van der Waals surface area contributed by atoms with Gasteiger partial charge in [-0.25, -0.2) is 0 Å². The van der Waals surface area contributed by atoms with Crippen LogP contribution in [0.2, 0.25) is 0 Å². The molecular weight excluding hydrogens is 579 g/mol. The summed E-state index contributed by atoms with van der Waals surface area (Å²) in [4.78, 5) is 12.9. The molecule has 2 aromatic carbocycles. The molecule has 1 saturated heterocycles. The predicted octanol–water partition coefficient (Wildman–Crippen LogP) is 5.79. The Hall–Kier alpha value is -1.49. The van der Waals surface area contributed by atoms with Crippen LogP contribution in [-0.4, -0.2) is 32.9 Å². The Morgan fingerprint density at radius 3 is 2.31 bits per heavy atom. The van der Waals surface area contributed by atoms with Crippen molar-refractivity contribution >= 4 is 36.1 Å². The third kappa shape index (κ3) is 4.91. The van der Waals surface area contributed by atoms with Crippen molar-refractivity contribution < 1.29 is 25.2 Å². The van der Waals surface area contributed by atoms with Crippen molar-refractivity contribution in [2.75, 3.05) is 12.4 Å². The molecule has 0 radical (unpaired) electrons. The van der Waals surface area contributed by atoms with Crippen LogP contribution in [0.3, 0.4) is 0 Å². The maximum atomic E-state index is 13.5. The summed E-state index contributed by atoms with van der Waals surface area (Å²) in [5.74, 6) is 0.803. The maximum absolute atomic E-state index is 13.5. The Labute approximate surface area is 215 Å². The van der Waals surface area contributed by atoms with Gasteiger partial charge in [0.15, 0.2) is 0 Å². The first-order valence-electron chi connectivity index (χ1n) is 12.3. The van der Waals surface area contributed by atoms with E-state index in [1.807, 2.05) is 68.4 Å². The van der Waals surface area contributed by atoms with Gasteiger partial charge in [0.2, 0.25) is 0 Å². The van der Waals surface area contributed by atoms with Crippen molar-refractivity contribution in [3.8, 4) is 5.75 Å². The summed E-state index contributed by atoms with van der Waals surface area (Å²) in [6, 6.07) is 17.1. The van der Waals surface area contributed by atoms with Crippen LogP contribution in [0.25, 0.3) is 0 Å². The Balaban J connectivity index is 1.38. The topological polar surface area (TPSA) is 78.9 Å². The van der Waals surface area contributed by atoms with Crippen LogP contribution in [-0.2, 0) is 22.2 Å². The number of carbonyl (C=O) groups excluding carboxylic acids is 1. The molecule has 2 aromatic rings. The number of rotatable bonds is 8. The number of ether oxygens (including phenoxy) is 2. The molecule has 2 aliphatic carbocycles. The molecular formula is C27H33IO6S. The van der Waals surface area contributed by atoms with E-state index < -0.39 is 35.8 Å². The number of hydrogen-bond acceptors (Lipinski definition) is 6. The molecule has 3 unspecified atom stereocenters. The van der Waals surface area contributed by atoms with Crippen LogP contribution in [0.5, 0.6) is 5.75 Å². The van der Waals surface area contributed by atoms with E-state index in [1.165, 1.54) is 0 Å². The van der Waals surface area contributed by atoms with Gasteiger partial charge >= 0.3 is 217 Å². The molecule has 35 heavy (non-hydrogen) atoms. The predicted molar refractivity (Wildman–Crippen MR) is 142 cm³/mol. The molecule has 190 valence electrons. The first-order valence-corrected chi connectivity index (χ1v) is 16.9. The minimum atomic E-state index is -3.94. The first-order chi connectivity index (χ1) is 16.7. The molecule has 1 aliphatic heterocycles. The van der Waals surface area contributed by atoms with Crippen molar-refractivity contribution in [3.05, 3.63) is 61.7 Å². The number of hydrogen-bond donors (Lipinski definition) is 0. The molecule has 6 nitrogen and oxygen atoms in total. The van der Waals surface area contributed by atoms with Gasteiger partial charge in [-0.3, -0.25) is 0 Å². The van der Waals surface area contributed by atoms with Gasteiger partial charge in [-0.2, -0.15) is 0 Å². The number of fused-ring (bicyclic) bond motifs is 2. The van der Waals surface area contributed by atoms with E-state index in [1.54, 1.807) is 0 Å². The summed E-state index contributed by atoms with van der Waals surface area (Å²) in [6.07, 6.45) is 4.78. The normalized spacial score (nSPS) is 28.2. The molecule has 0 N–H and O–H groups in total. The number of ketones is 1. The van der Waals surface area contributed by atoms with Gasteiger partial charge in [-0.15, -0.1) is 0 Å². The fourth-order valence-corrected chi connectivity index (χ4v) is 13.6. The summed E-state index contributed by atoms with van der Waals surface area (Å²) >= 11 is -2.81. The Morgan fingerprint density at radius 2 is 1.71 bits per heavy atom. The molecule has 8 heteroatoms. The van der Waals surface area contributed by atoms with Crippen molar-refractivity contribution in [2.24, 2.45) is 16.7 Å². The average Bonchev–Trinajstić information content (AvgIpc) is 3.18. The summed E-state index contributed by atoms with van der Waals surface area (Å²) in [5, 5.41) is 0. The molecule has 0 amide bonds. The fourth-order valence-electron chi connectivity index (χ4n) is 5.84. The van der Waals surface area contributed by atoms with Crippen molar-refractivity contribution in [1.29, 1.82) is 0 Å². The fraction of sp³-hybridized carbons (Fsp3) is 0.519. The van der Waals surface area contributed by atoms with E-state index in [2.05, 4.69) is 0 Å². The quantitative estimate of drug-likeness (QED) is 0.351. The van der Waals surface area contributed by atoms with Crippen molar-refractivity contribution in [1.82, 2.24) is 0 Å². The van der Waals surface area contributed by atoms with Crippen LogP contribution < -0.4 is 4.74 Å². The Kier molecular flexibility index (Phi) is 7.02. The van der Waals surface area contributed by atoms with Gasteiger partial charge in [0, 0.05) is 0 Å². The number of carbonyl (C=O) groups is 1. The number of benzene rings is 2. The van der Waals surface area contributed by atoms with Crippen LogP contribution in [0.1, 0.15) is 52.4 Å². The third-order valence-electron chi connectivity index (χ3n) is 8.07. The van der Waals surface area contributed by atoms with Gasteiger partial charge in [0.25, 0.3) is 0 Å². The summed E-state index contributed by atoms with van der Waals surface area (Å²) in [5.41, 5.74) is -1.17. The first kappa shape index (κ1) is 25.2. The summed E-state index contributed by atoms with van der Waals surface area (Å²) in [6.45, 7) is 4.81. The molecule has 3 fully saturated rings. The zero-order valence-corrected chi connectivity index (χ0v) is 23.2. The van der Waals surface area contributed by atoms with E-state index >= 15 is 0 Å². The SMILES string of the molecule is CC1(C)C2CCC1(CS(=O)(=O)OI(c1ccccc1)c1ccc(OC3CCCCO3)cc1)C(=O)C2. The van der Waals surface area contributed by atoms with E-state index in [-0.39, 0.29) is 29.2 Å². The van der Waals surface area contributed by atoms with E-state index in [4.69, 9.17) is 12.0 Å². The minimum absolute atomic E-state index is 0.0809. The number of halogens is 1. The van der Waals surface area contributed by atoms with Crippen LogP contribution in [0, 0.1) is 23.9 Å². The van der Waals surface area contributed by atoms with E-state index in [9.17, 15) is 13.2 Å². The molecule has 3 aliphatic rings. The van der Waals surface area contributed by atoms with Crippen LogP contribution in [0.15, 0.2) is 54.6 Å². The monoisotopic (exact) mass is 612 g/mol. The molecule has 2 saturated carbocycles. The van der Waals surface area contributed by atoms with Gasteiger partial charge < -0.3 is 0 Å². The number of Topliss-reactive ketones (excluding diaryl/α,β-unsaturated/α-hetero) is 1. The second-order valence-corrected chi connectivity index (χ2v) is 16.9. The molecule has 0 aromatic heterocycles. The molecule has 0 spiro atoms. The van der Waals surface area contributed by atoms with Crippen LogP contribution >= 0.6 is 20.2 Å². The van der Waals surface area contributed by atoms with E-state index in [0.29, 0.717) is 25.2 Å². The van der Waals surface area contributed by atoms with Crippen LogP contribution in [0.4, 0.5) is 0 Å². The summed E-state index contributed by atoms with van der Waals surface area (Å²) < 4.78 is 46.5.